The summed E-state index contributed by atoms with van der Waals surface area (Å²) in [5.74, 6) is 2.30. The standard InChI is InChI=1S/C27H41ClN8O3/c1-6-9-14-35(25(29)37)27-33-24-19(17-31-26(32-24)30-12-10-11-13-34(7-2)8-3)18-36(27)21-15-20(38-4)16-22(39-5)23(21)28/h15-17H,6-14,18H2,1-5H3,(H2,29,37)(H,30,31,32). The van der Waals surface area contributed by atoms with Crippen LogP contribution in [-0.2, 0) is 6.54 Å². The molecule has 2 heterocycles. The Morgan fingerprint density at radius 3 is 2.54 bits per heavy atom. The minimum atomic E-state index is -0.609. The third-order valence-electron chi connectivity index (χ3n) is 6.68. The van der Waals surface area contributed by atoms with Gasteiger partial charge in [0.2, 0.25) is 11.9 Å². The summed E-state index contributed by atoms with van der Waals surface area (Å²) in [6, 6.07) is 2.87. The molecule has 0 spiro atoms. The zero-order valence-electron chi connectivity index (χ0n) is 23.7. The van der Waals surface area contributed by atoms with Gasteiger partial charge in [0.15, 0.2) is 5.82 Å². The number of nitrogens with two attached hydrogens (primary N) is 1. The third kappa shape index (κ3) is 7.63. The Morgan fingerprint density at radius 2 is 1.90 bits per heavy atom. The van der Waals surface area contributed by atoms with Crippen LogP contribution in [0.15, 0.2) is 23.3 Å². The number of hydrogen-bond donors (Lipinski definition) is 2. The smallest absolute Gasteiger partial charge is 0.321 e. The van der Waals surface area contributed by atoms with Crippen molar-refractivity contribution in [1.82, 2.24) is 19.8 Å². The summed E-state index contributed by atoms with van der Waals surface area (Å²) in [5.41, 5.74) is 7.18. The molecule has 1 aliphatic rings. The van der Waals surface area contributed by atoms with Gasteiger partial charge in [0.1, 0.15) is 16.5 Å². The molecule has 0 radical (unpaired) electrons. The SMILES string of the molecule is CCCCN(C(N)=O)C1=Nc2nc(NCCCCN(CC)CC)ncc2CN1c1cc(OC)cc(OC)c1Cl. The minimum absolute atomic E-state index is 0.324. The molecule has 1 aromatic heterocycles. The molecule has 39 heavy (non-hydrogen) atoms. The van der Waals surface area contributed by atoms with E-state index in [-0.39, 0.29) is 0 Å². The lowest BCUT2D eigenvalue weighted by Crippen LogP contribution is -2.51. The van der Waals surface area contributed by atoms with E-state index in [1.165, 1.54) is 12.0 Å². The highest BCUT2D eigenvalue weighted by molar-refractivity contribution is 6.35. The first kappa shape index (κ1) is 30.2. The largest absolute Gasteiger partial charge is 0.497 e. The number of anilines is 2. The Morgan fingerprint density at radius 1 is 1.13 bits per heavy atom. The van der Waals surface area contributed by atoms with Crippen LogP contribution >= 0.6 is 11.6 Å². The molecule has 0 saturated carbocycles. The fraction of sp³-hybridized carbons (Fsp3) is 0.556. The summed E-state index contributed by atoms with van der Waals surface area (Å²) in [7, 11) is 3.10. The van der Waals surface area contributed by atoms with E-state index in [2.05, 4.69) is 34.0 Å². The van der Waals surface area contributed by atoms with Gasteiger partial charge < -0.3 is 30.3 Å². The summed E-state index contributed by atoms with van der Waals surface area (Å²) in [4.78, 5) is 32.3. The maximum atomic E-state index is 12.6. The zero-order valence-corrected chi connectivity index (χ0v) is 24.4. The average Bonchev–Trinajstić information content (AvgIpc) is 2.94. The van der Waals surface area contributed by atoms with Gasteiger partial charge in [-0.2, -0.15) is 9.98 Å². The van der Waals surface area contributed by atoms with Gasteiger partial charge in [0.25, 0.3) is 0 Å². The van der Waals surface area contributed by atoms with Crippen LogP contribution in [0.1, 0.15) is 52.0 Å². The van der Waals surface area contributed by atoms with Crippen LogP contribution in [0, 0.1) is 0 Å². The molecule has 0 unspecified atom stereocenters. The number of carbonyl (C=O) groups excluding carboxylic acids is 1. The second-order valence-electron chi connectivity index (χ2n) is 9.21. The number of primary amides is 1. The van der Waals surface area contributed by atoms with E-state index >= 15 is 0 Å². The van der Waals surface area contributed by atoms with Crippen LogP contribution < -0.4 is 25.4 Å². The molecular weight excluding hydrogens is 520 g/mol. The van der Waals surface area contributed by atoms with Crippen LogP contribution in [0.25, 0.3) is 0 Å². The number of unbranched alkanes of at least 4 members (excludes halogenated alkanes) is 2. The number of ether oxygens (including phenoxy) is 2. The number of amides is 2. The minimum Gasteiger partial charge on any atom is -0.497 e. The highest BCUT2D eigenvalue weighted by Crippen LogP contribution is 2.41. The van der Waals surface area contributed by atoms with Crippen molar-refractivity contribution >= 4 is 41.0 Å². The van der Waals surface area contributed by atoms with E-state index in [0.29, 0.717) is 53.0 Å². The fourth-order valence-electron chi connectivity index (χ4n) is 4.33. The number of guanidine groups is 1. The molecule has 3 rings (SSSR count). The number of nitrogens with one attached hydrogen (secondary N) is 1. The lowest BCUT2D eigenvalue weighted by atomic mass is 10.2. The molecular formula is C27H41ClN8O3. The summed E-state index contributed by atoms with van der Waals surface area (Å²) in [6.07, 6.45) is 5.47. The van der Waals surface area contributed by atoms with Gasteiger partial charge in [0, 0.05) is 37.0 Å². The molecule has 11 nitrogen and oxygen atoms in total. The van der Waals surface area contributed by atoms with Crippen molar-refractivity contribution in [3.05, 3.63) is 28.9 Å². The predicted molar refractivity (Wildman–Crippen MR) is 157 cm³/mol. The second-order valence-corrected chi connectivity index (χ2v) is 9.59. The number of carbonyl (C=O) groups is 1. The van der Waals surface area contributed by atoms with Gasteiger partial charge >= 0.3 is 6.03 Å². The fourth-order valence-corrected chi connectivity index (χ4v) is 4.62. The van der Waals surface area contributed by atoms with Crippen molar-refractivity contribution in [2.45, 2.75) is 53.0 Å². The number of hydrogen-bond acceptors (Lipinski definition) is 9. The van der Waals surface area contributed by atoms with Crippen molar-refractivity contribution in [2.75, 3.05) is 57.2 Å². The van der Waals surface area contributed by atoms with E-state index in [9.17, 15) is 4.79 Å². The van der Waals surface area contributed by atoms with Gasteiger partial charge in [-0.1, -0.05) is 38.8 Å². The van der Waals surface area contributed by atoms with Crippen LogP contribution in [0.3, 0.4) is 0 Å². The first-order valence-corrected chi connectivity index (χ1v) is 13.9. The third-order valence-corrected chi connectivity index (χ3v) is 7.06. The van der Waals surface area contributed by atoms with Crippen LogP contribution in [0.4, 0.5) is 22.2 Å². The normalized spacial score (nSPS) is 12.7. The molecule has 3 N–H and O–H groups in total. The van der Waals surface area contributed by atoms with Crippen molar-refractivity contribution in [3.63, 3.8) is 0 Å². The molecule has 0 saturated heterocycles. The second kappa shape index (κ2) is 14.7. The molecule has 0 bridgehead atoms. The quantitative estimate of drug-likeness (QED) is 0.314. The number of nitrogens with zero attached hydrogens (tertiary/aromatic N) is 6. The lowest BCUT2D eigenvalue weighted by molar-refractivity contribution is 0.228. The van der Waals surface area contributed by atoms with Crippen molar-refractivity contribution < 1.29 is 14.3 Å². The molecule has 2 amide bonds. The number of aliphatic imine (C=N–C) groups is 1. The van der Waals surface area contributed by atoms with Gasteiger partial charge in [-0.3, -0.25) is 4.90 Å². The molecule has 0 aliphatic carbocycles. The number of benzene rings is 1. The molecule has 0 atom stereocenters. The molecule has 0 fully saturated rings. The summed E-state index contributed by atoms with van der Waals surface area (Å²) < 4.78 is 10.9. The van der Waals surface area contributed by atoms with Crippen molar-refractivity contribution in [2.24, 2.45) is 10.7 Å². The Labute approximate surface area is 236 Å². The van der Waals surface area contributed by atoms with Crippen LogP contribution in [0.5, 0.6) is 11.5 Å². The highest BCUT2D eigenvalue weighted by atomic mass is 35.5. The monoisotopic (exact) mass is 560 g/mol. The zero-order chi connectivity index (χ0) is 28.4. The van der Waals surface area contributed by atoms with Gasteiger partial charge in [-0.15, -0.1) is 0 Å². The number of methoxy groups -OCH3 is 2. The van der Waals surface area contributed by atoms with Crippen LogP contribution in [-0.4, -0.2) is 78.7 Å². The number of rotatable bonds is 14. The summed E-state index contributed by atoms with van der Waals surface area (Å²) in [5, 5.41) is 3.66. The Hall–Kier alpha value is -3.31. The maximum absolute atomic E-state index is 12.6. The van der Waals surface area contributed by atoms with E-state index in [4.69, 9.17) is 31.8 Å². The predicted octanol–water partition coefficient (Wildman–Crippen LogP) is 4.87. The van der Waals surface area contributed by atoms with E-state index in [1.807, 2.05) is 11.8 Å². The summed E-state index contributed by atoms with van der Waals surface area (Å²) in [6.45, 7) is 11.1. The Bertz CT molecular complexity index is 1140. The first-order chi connectivity index (χ1) is 18.9. The topological polar surface area (TPSA) is 121 Å². The Balaban J connectivity index is 1.92. The summed E-state index contributed by atoms with van der Waals surface area (Å²) >= 11 is 6.74. The lowest BCUT2D eigenvalue weighted by Gasteiger charge is -2.35. The van der Waals surface area contributed by atoms with E-state index in [1.54, 1.807) is 25.4 Å². The molecule has 2 aromatic rings. The van der Waals surface area contributed by atoms with Gasteiger partial charge in [-0.25, -0.2) is 9.78 Å². The molecule has 214 valence electrons. The number of aromatic nitrogens is 2. The first-order valence-electron chi connectivity index (χ1n) is 13.5. The van der Waals surface area contributed by atoms with E-state index < -0.39 is 6.03 Å². The van der Waals surface area contributed by atoms with Crippen molar-refractivity contribution in [1.29, 1.82) is 0 Å². The molecule has 1 aliphatic heterocycles. The highest BCUT2D eigenvalue weighted by Gasteiger charge is 2.31. The number of halogens is 1. The maximum Gasteiger partial charge on any atom is 0.321 e. The van der Waals surface area contributed by atoms with Crippen molar-refractivity contribution in [3.8, 4) is 11.5 Å². The Kier molecular flexibility index (Phi) is 11.4. The van der Waals surface area contributed by atoms with Gasteiger partial charge in [-0.05, 0) is 38.9 Å². The van der Waals surface area contributed by atoms with Crippen LogP contribution in [0.2, 0.25) is 5.02 Å². The molecule has 1 aromatic carbocycles. The number of urea groups is 1. The average molecular weight is 561 g/mol. The van der Waals surface area contributed by atoms with Gasteiger partial charge in [0.05, 0.1) is 26.5 Å². The van der Waals surface area contributed by atoms with E-state index in [0.717, 1.165) is 57.4 Å². The molecule has 12 heteroatoms. The number of fused-ring (bicyclic) bond motifs is 1.